The van der Waals surface area contributed by atoms with Gasteiger partial charge in [0.05, 0.1) is 12.2 Å². The minimum atomic E-state index is -0.915. The Morgan fingerprint density at radius 1 is 1.41 bits per heavy atom. The summed E-state index contributed by atoms with van der Waals surface area (Å²) in [7, 11) is 0. The zero-order chi connectivity index (χ0) is 15.5. The summed E-state index contributed by atoms with van der Waals surface area (Å²) in [5.74, 6) is -0.915. The number of aromatic carboxylic acids is 1. The van der Waals surface area contributed by atoms with Crippen LogP contribution in [0.5, 0.6) is 0 Å². The summed E-state index contributed by atoms with van der Waals surface area (Å²) in [6.07, 6.45) is 7.00. The molecule has 0 aliphatic carbocycles. The molecule has 22 heavy (non-hydrogen) atoms. The van der Waals surface area contributed by atoms with E-state index >= 15 is 0 Å². The number of carboxylic acids is 1. The number of rotatable bonds is 4. The summed E-state index contributed by atoms with van der Waals surface area (Å²) in [6, 6.07) is 4.14. The van der Waals surface area contributed by atoms with Gasteiger partial charge in [0.25, 0.3) is 0 Å². The van der Waals surface area contributed by atoms with E-state index in [2.05, 4.69) is 21.8 Å². The van der Waals surface area contributed by atoms with Crippen molar-refractivity contribution in [2.45, 2.75) is 38.8 Å². The molecule has 5 nitrogen and oxygen atoms in total. The predicted octanol–water partition coefficient (Wildman–Crippen LogP) is 3.28. The molecule has 2 aromatic rings. The van der Waals surface area contributed by atoms with Crippen LogP contribution in [0.1, 0.15) is 40.9 Å². The molecule has 1 saturated heterocycles. The van der Waals surface area contributed by atoms with Gasteiger partial charge in [-0.2, -0.15) is 0 Å². The Kier molecular flexibility index (Phi) is 4.49. The van der Waals surface area contributed by atoms with Crippen LogP contribution in [-0.2, 0) is 6.54 Å². The Labute approximate surface area is 133 Å². The molecule has 0 aromatic carbocycles. The summed E-state index contributed by atoms with van der Waals surface area (Å²) >= 11 is 1.29. The van der Waals surface area contributed by atoms with Crippen LogP contribution < -0.4 is 0 Å². The van der Waals surface area contributed by atoms with E-state index in [9.17, 15) is 9.90 Å². The van der Waals surface area contributed by atoms with E-state index in [0.29, 0.717) is 16.6 Å². The number of hydrogen-bond donors (Lipinski definition) is 1. The Hall–Kier alpha value is -1.79. The van der Waals surface area contributed by atoms with Crippen molar-refractivity contribution >= 4 is 17.3 Å². The van der Waals surface area contributed by atoms with Crippen LogP contribution in [-0.4, -0.2) is 38.5 Å². The third kappa shape index (κ3) is 3.18. The lowest BCUT2D eigenvalue weighted by atomic mass is 10.0. The maximum Gasteiger partial charge on any atom is 0.348 e. The maximum atomic E-state index is 11.5. The van der Waals surface area contributed by atoms with Gasteiger partial charge in [-0.25, -0.2) is 9.78 Å². The van der Waals surface area contributed by atoms with Crippen molar-refractivity contribution in [3.63, 3.8) is 0 Å². The van der Waals surface area contributed by atoms with Crippen molar-refractivity contribution in [1.82, 2.24) is 14.9 Å². The van der Waals surface area contributed by atoms with Gasteiger partial charge in [0, 0.05) is 24.0 Å². The van der Waals surface area contributed by atoms with Crippen molar-refractivity contribution in [3.05, 3.63) is 34.4 Å². The van der Waals surface area contributed by atoms with Gasteiger partial charge in [-0.05, 0) is 38.4 Å². The zero-order valence-electron chi connectivity index (χ0n) is 12.5. The molecular weight excluding hydrogens is 298 g/mol. The van der Waals surface area contributed by atoms with Gasteiger partial charge >= 0.3 is 5.97 Å². The molecule has 1 fully saturated rings. The van der Waals surface area contributed by atoms with E-state index in [0.717, 1.165) is 23.7 Å². The van der Waals surface area contributed by atoms with E-state index in [4.69, 9.17) is 0 Å². The van der Waals surface area contributed by atoms with Crippen LogP contribution in [0.15, 0.2) is 24.5 Å². The molecule has 1 aliphatic heterocycles. The van der Waals surface area contributed by atoms with E-state index in [1.807, 2.05) is 0 Å². The minimum Gasteiger partial charge on any atom is -0.477 e. The third-order valence-electron chi connectivity index (χ3n) is 4.10. The van der Waals surface area contributed by atoms with Gasteiger partial charge in [-0.1, -0.05) is 6.42 Å². The molecule has 116 valence electrons. The molecule has 0 bridgehead atoms. The van der Waals surface area contributed by atoms with Gasteiger partial charge in [0.1, 0.15) is 9.88 Å². The largest absolute Gasteiger partial charge is 0.477 e. The first-order valence-electron chi connectivity index (χ1n) is 7.52. The van der Waals surface area contributed by atoms with Crippen LogP contribution in [0.2, 0.25) is 0 Å². The first-order valence-corrected chi connectivity index (χ1v) is 8.34. The highest BCUT2D eigenvalue weighted by molar-refractivity contribution is 7.14. The molecule has 1 N–H and O–H groups in total. The Morgan fingerprint density at radius 3 is 2.86 bits per heavy atom. The quantitative estimate of drug-likeness (QED) is 0.937. The average molecular weight is 317 g/mol. The average Bonchev–Trinajstić information content (AvgIpc) is 2.95. The molecule has 1 atom stereocenters. The van der Waals surface area contributed by atoms with Crippen molar-refractivity contribution in [3.8, 4) is 11.3 Å². The van der Waals surface area contributed by atoms with E-state index in [-0.39, 0.29) is 0 Å². The van der Waals surface area contributed by atoms with Crippen LogP contribution in [0.3, 0.4) is 0 Å². The molecule has 3 rings (SSSR count). The second-order valence-corrected chi connectivity index (χ2v) is 6.73. The first-order chi connectivity index (χ1) is 10.6. The lowest BCUT2D eigenvalue weighted by Gasteiger charge is -2.32. The van der Waals surface area contributed by atoms with Gasteiger partial charge in [-0.15, -0.1) is 11.3 Å². The van der Waals surface area contributed by atoms with Gasteiger partial charge in [0.2, 0.25) is 0 Å². The summed E-state index contributed by atoms with van der Waals surface area (Å²) in [5, 5.41) is 10.3. The summed E-state index contributed by atoms with van der Waals surface area (Å²) < 4.78 is 0. The standard InChI is InChI=1S/C16H19N3O2S/c1-11-4-2-3-9-19(11)10-13-18-14(15(22-13)16(20)21)12-5-7-17-8-6-12/h5-8,11H,2-4,9-10H2,1H3,(H,20,21). The van der Waals surface area contributed by atoms with E-state index < -0.39 is 5.97 Å². The number of likely N-dealkylation sites (tertiary alicyclic amines) is 1. The number of carboxylic acid groups (broad SMARTS) is 1. The van der Waals surface area contributed by atoms with Crippen molar-refractivity contribution in [2.75, 3.05) is 6.54 Å². The fraction of sp³-hybridized carbons (Fsp3) is 0.438. The lowest BCUT2D eigenvalue weighted by molar-refractivity contribution is 0.0702. The van der Waals surface area contributed by atoms with Crippen LogP contribution >= 0.6 is 11.3 Å². The molecule has 3 heterocycles. The Balaban J connectivity index is 1.88. The van der Waals surface area contributed by atoms with Crippen molar-refractivity contribution in [1.29, 1.82) is 0 Å². The third-order valence-corrected chi connectivity index (χ3v) is 5.13. The smallest absolute Gasteiger partial charge is 0.348 e. The highest BCUT2D eigenvalue weighted by atomic mass is 32.1. The minimum absolute atomic E-state index is 0.311. The van der Waals surface area contributed by atoms with Crippen LogP contribution in [0.4, 0.5) is 0 Å². The SMILES string of the molecule is CC1CCCCN1Cc1nc(-c2ccncc2)c(C(=O)O)s1. The second kappa shape index (κ2) is 6.54. The molecule has 1 aliphatic rings. The lowest BCUT2D eigenvalue weighted by Crippen LogP contribution is -2.36. The van der Waals surface area contributed by atoms with E-state index in [1.54, 1.807) is 24.5 Å². The second-order valence-electron chi connectivity index (χ2n) is 5.64. The first kappa shape index (κ1) is 15.1. The maximum absolute atomic E-state index is 11.5. The summed E-state index contributed by atoms with van der Waals surface area (Å²) in [5.41, 5.74) is 1.36. The molecule has 0 saturated carbocycles. The predicted molar refractivity (Wildman–Crippen MR) is 86.0 cm³/mol. The van der Waals surface area contributed by atoms with Gasteiger partial charge in [0.15, 0.2) is 0 Å². The number of nitrogens with zero attached hydrogens (tertiary/aromatic N) is 3. The Bertz CT molecular complexity index is 657. The number of carbonyl (C=O) groups is 1. The fourth-order valence-electron chi connectivity index (χ4n) is 2.85. The van der Waals surface area contributed by atoms with Crippen molar-refractivity contribution < 1.29 is 9.90 Å². The number of piperidine rings is 1. The molecule has 0 amide bonds. The topological polar surface area (TPSA) is 66.3 Å². The van der Waals surface area contributed by atoms with Gasteiger partial charge in [-0.3, -0.25) is 9.88 Å². The highest BCUT2D eigenvalue weighted by Gasteiger charge is 2.23. The molecule has 1 unspecified atom stereocenters. The van der Waals surface area contributed by atoms with Gasteiger partial charge < -0.3 is 5.11 Å². The number of hydrogen-bond acceptors (Lipinski definition) is 5. The van der Waals surface area contributed by atoms with Crippen LogP contribution in [0.25, 0.3) is 11.3 Å². The Morgan fingerprint density at radius 2 is 2.18 bits per heavy atom. The molecular formula is C16H19N3O2S. The zero-order valence-corrected chi connectivity index (χ0v) is 13.3. The number of thiazole rings is 1. The highest BCUT2D eigenvalue weighted by Crippen LogP contribution is 2.30. The number of pyridine rings is 1. The molecule has 2 aromatic heterocycles. The number of aromatic nitrogens is 2. The summed E-state index contributed by atoms with van der Waals surface area (Å²) in [4.78, 5) is 22.8. The van der Waals surface area contributed by atoms with Crippen molar-refractivity contribution in [2.24, 2.45) is 0 Å². The molecule has 0 radical (unpaired) electrons. The fourth-order valence-corrected chi connectivity index (χ4v) is 3.80. The van der Waals surface area contributed by atoms with Crippen LogP contribution in [0, 0.1) is 0 Å². The molecule has 0 spiro atoms. The summed E-state index contributed by atoms with van der Waals surface area (Å²) in [6.45, 7) is 4.03. The van der Waals surface area contributed by atoms with E-state index in [1.165, 1.54) is 30.6 Å². The normalized spacial score (nSPS) is 19.2. The monoisotopic (exact) mass is 317 g/mol. The molecule has 6 heteroatoms.